The molecule has 0 unspecified atom stereocenters. The maximum atomic E-state index is 13.7. The number of nitrogens with zero attached hydrogens (tertiary/aromatic N) is 3. The lowest BCUT2D eigenvalue weighted by atomic mass is 10.1. The van der Waals surface area contributed by atoms with E-state index in [9.17, 15) is 8.78 Å². The van der Waals surface area contributed by atoms with Gasteiger partial charge in [-0.1, -0.05) is 29.8 Å². The van der Waals surface area contributed by atoms with E-state index in [-0.39, 0.29) is 5.69 Å². The highest BCUT2D eigenvalue weighted by Crippen LogP contribution is 2.30. The Morgan fingerprint density at radius 2 is 1.92 bits per heavy atom. The van der Waals surface area contributed by atoms with Crippen molar-refractivity contribution < 1.29 is 8.78 Å². The molecule has 8 heteroatoms. The van der Waals surface area contributed by atoms with Gasteiger partial charge in [0.1, 0.15) is 22.8 Å². The molecule has 5 nitrogen and oxygen atoms in total. The number of nitrogens with one attached hydrogen (secondary N) is 2. The van der Waals surface area contributed by atoms with Crippen molar-refractivity contribution in [2.75, 3.05) is 5.32 Å². The number of halogens is 3. The van der Waals surface area contributed by atoms with Crippen molar-refractivity contribution in [1.29, 1.82) is 0 Å². The lowest BCUT2D eigenvalue weighted by Gasteiger charge is -2.06. The molecule has 2 aromatic heterocycles. The maximum Gasteiger partial charge on any atom is 0.177 e. The Bertz CT molecular complexity index is 1080. The molecule has 25 heavy (non-hydrogen) atoms. The molecule has 0 saturated heterocycles. The van der Waals surface area contributed by atoms with E-state index in [2.05, 4.69) is 25.5 Å². The van der Waals surface area contributed by atoms with Gasteiger partial charge >= 0.3 is 0 Å². The van der Waals surface area contributed by atoms with E-state index >= 15 is 0 Å². The molecular formula is C17H10ClF2N5. The zero-order valence-electron chi connectivity index (χ0n) is 12.6. The van der Waals surface area contributed by atoms with Gasteiger partial charge in [0.05, 0.1) is 16.9 Å². The third kappa shape index (κ3) is 2.89. The van der Waals surface area contributed by atoms with E-state index in [1.165, 1.54) is 12.3 Å². The summed E-state index contributed by atoms with van der Waals surface area (Å²) in [6, 6.07) is 10.5. The highest BCUT2D eigenvalue weighted by atomic mass is 35.5. The van der Waals surface area contributed by atoms with E-state index < -0.39 is 11.6 Å². The number of fused-ring (bicyclic) bond motifs is 1. The summed E-state index contributed by atoms with van der Waals surface area (Å²) in [4.78, 5) is 8.64. The van der Waals surface area contributed by atoms with Gasteiger partial charge in [0.2, 0.25) is 0 Å². The molecule has 0 amide bonds. The third-order valence-corrected chi connectivity index (χ3v) is 3.92. The summed E-state index contributed by atoms with van der Waals surface area (Å²) in [5.74, 6) is -1.07. The molecule has 0 spiro atoms. The van der Waals surface area contributed by atoms with Gasteiger partial charge in [0.25, 0.3) is 0 Å². The minimum Gasteiger partial charge on any atom is -0.336 e. The van der Waals surface area contributed by atoms with Crippen molar-refractivity contribution in [1.82, 2.24) is 20.2 Å². The molecule has 0 radical (unpaired) electrons. The van der Waals surface area contributed by atoms with Crippen LogP contribution in [-0.4, -0.2) is 20.2 Å². The predicted octanol–water partition coefficient (Wildman–Crippen LogP) is 4.70. The van der Waals surface area contributed by atoms with Gasteiger partial charge in [-0.05, 0) is 18.2 Å². The van der Waals surface area contributed by atoms with Crippen LogP contribution in [0.4, 0.5) is 20.3 Å². The number of benzene rings is 2. The smallest absolute Gasteiger partial charge is 0.177 e. The largest absolute Gasteiger partial charge is 0.336 e. The summed E-state index contributed by atoms with van der Waals surface area (Å²) >= 11 is 6.20. The molecule has 2 heterocycles. The molecule has 2 aromatic carbocycles. The second-order valence-electron chi connectivity index (χ2n) is 5.25. The molecule has 124 valence electrons. The zero-order chi connectivity index (χ0) is 17.4. The number of rotatable bonds is 3. The van der Waals surface area contributed by atoms with E-state index in [4.69, 9.17) is 11.6 Å². The van der Waals surface area contributed by atoms with Gasteiger partial charge in [-0.15, -0.1) is 0 Å². The van der Waals surface area contributed by atoms with Gasteiger partial charge in [-0.3, -0.25) is 5.10 Å². The first-order valence-corrected chi connectivity index (χ1v) is 7.68. The molecule has 0 aliphatic carbocycles. The summed E-state index contributed by atoms with van der Waals surface area (Å²) in [7, 11) is 0. The third-order valence-electron chi connectivity index (χ3n) is 3.59. The topological polar surface area (TPSA) is 66.5 Å². The number of hydrogen-bond donors (Lipinski definition) is 2. The Labute approximate surface area is 145 Å². The monoisotopic (exact) mass is 357 g/mol. The summed E-state index contributed by atoms with van der Waals surface area (Å²) in [6.45, 7) is 0. The minimum absolute atomic E-state index is 0.0980. The summed E-state index contributed by atoms with van der Waals surface area (Å²) < 4.78 is 26.7. The van der Waals surface area contributed by atoms with Gasteiger partial charge in [0.15, 0.2) is 11.5 Å². The van der Waals surface area contributed by atoms with Crippen LogP contribution < -0.4 is 5.32 Å². The lowest BCUT2D eigenvalue weighted by Crippen LogP contribution is -1.98. The first-order chi connectivity index (χ1) is 12.1. The minimum atomic E-state index is -0.719. The summed E-state index contributed by atoms with van der Waals surface area (Å²) in [5.41, 5.74) is 2.36. The maximum absolute atomic E-state index is 13.7. The molecule has 0 aliphatic rings. The van der Waals surface area contributed by atoms with Crippen molar-refractivity contribution in [3.63, 3.8) is 0 Å². The van der Waals surface area contributed by atoms with Crippen LogP contribution in [0.2, 0.25) is 5.02 Å². The van der Waals surface area contributed by atoms with Crippen LogP contribution in [0.1, 0.15) is 0 Å². The molecule has 2 N–H and O–H groups in total. The van der Waals surface area contributed by atoms with Crippen LogP contribution in [0.3, 0.4) is 0 Å². The second-order valence-corrected chi connectivity index (χ2v) is 5.66. The number of anilines is 2. The standard InChI is InChI=1S/C17H10ClF2N5/c18-11-4-2-1-3-10(11)15-16-17(25-24-15)23-14(8-21-16)22-13-6-5-9(19)7-12(13)20/h1-8H,(H2,22,23,24,25). The fourth-order valence-electron chi connectivity index (χ4n) is 2.43. The fraction of sp³-hybridized carbons (Fsp3) is 0. The Kier molecular flexibility index (Phi) is 3.77. The van der Waals surface area contributed by atoms with Gasteiger partial charge < -0.3 is 5.32 Å². The zero-order valence-corrected chi connectivity index (χ0v) is 13.4. The Balaban J connectivity index is 1.71. The predicted molar refractivity (Wildman–Crippen MR) is 91.8 cm³/mol. The number of aromatic amines is 1. The molecule has 4 rings (SSSR count). The van der Waals surface area contributed by atoms with Crippen molar-refractivity contribution in [2.24, 2.45) is 0 Å². The van der Waals surface area contributed by atoms with E-state index in [0.29, 0.717) is 27.7 Å². The van der Waals surface area contributed by atoms with Crippen LogP contribution in [-0.2, 0) is 0 Å². The van der Waals surface area contributed by atoms with E-state index in [1.54, 1.807) is 6.07 Å². The Hall–Kier alpha value is -3.06. The SMILES string of the molecule is Fc1ccc(Nc2cnc3c(-c4ccccc4Cl)n[nH]c3n2)c(F)c1. The normalized spacial score (nSPS) is 11.0. The first-order valence-electron chi connectivity index (χ1n) is 7.30. The summed E-state index contributed by atoms with van der Waals surface area (Å²) in [5, 5.41) is 10.3. The Morgan fingerprint density at radius 3 is 2.72 bits per heavy atom. The van der Waals surface area contributed by atoms with Crippen LogP contribution in [0.5, 0.6) is 0 Å². The van der Waals surface area contributed by atoms with Gasteiger partial charge in [-0.25, -0.2) is 18.7 Å². The molecule has 0 fully saturated rings. The Morgan fingerprint density at radius 1 is 1.08 bits per heavy atom. The number of H-pyrrole nitrogens is 1. The average molecular weight is 358 g/mol. The number of aromatic nitrogens is 4. The van der Waals surface area contributed by atoms with Crippen molar-refractivity contribution in [2.45, 2.75) is 0 Å². The second kappa shape index (κ2) is 6.10. The van der Waals surface area contributed by atoms with Crippen molar-refractivity contribution >= 4 is 34.3 Å². The molecule has 0 bridgehead atoms. The van der Waals surface area contributed by atoms with Crippen LogP contribution in [0.15, 0.2) is 48.7 Å². The summed E-state index contributed by atoms with van der Waals surface area (Å²) in [6.07, 6.45) is 1.45. The van der Waals surface area contributed by atoms with E-state index in [1.807, 2.05) is 18.2 Å². The molecule has 0 saturated carbocycles. The quantitative estimate of drug-likeness (QED) is 0.558. The van der Waals surface area contributed by atoms with Crippen molar-refractivity contribution in [3.8, 4) is 11.3 Å². The van der Waals surface area contributed by atoms with Crippen LogP contribution >= 0.6 is 11.6 Å². The fourth-order valence-corrected chi connectivity index (χ4v) is 2.66. The highest BCUT2D eigenvalue weighted by molar-refractivity contribution is 6.33. The van der Waals surface area contributed by atoms with Gasteiger partial charge in [0, 0.05) is 11.6 Å². The molecular weight excluding hydrogens is 348 g/mol. The van der Waals surface area contributed by atoms with Crippen LogP contribution in [0.25, 0.3) is 22.4 Å². The molecule has 4 aromatic rings. The van der Waals surface area contributed by atoms with Crippen LogP contribution in [0, 0.1) is 11.6 Å². The van der Waals surface area contributed by atoms with Crippen molar-refractivity contribution in [3.05, 3.63) is 65.3 Å². The number of hydrogen-bond acceptors (Lipinski definition) is 4. The lowest BCUT2D eigenvalue weighted by molar-refractivity contribution is 0.586. The first kappa shape index (κ1) is 15.5. The molecule has 0 atom stereocenters. The molecule has 0 aliphatic heterocycles. The van der Waals surface area contributed by atoms with E-state index in [0.717, 1.165) is 17.7 Å². The average Bonchev–Trinajstić information content (AvgIpc) is 3.01. The van der Waals surface area contributed by atoms with Gasteiger partial charge in [-0.2, -0.15) is 5.10 Å². The highest BCUT2D eigenvalue weighted by Gasteiger charge is 2.14.